The average Bonchev–Trinajstić information content (AvgIpc) is 2.84. The van der Waals surface area contributed by atoms with Crippen molar-refractivity contribution in [3.05, 3.63) is 47.8 Å². The number of hydrogen-bond acceptors (Lipinski definition) is 3. The van der Waals surface area contributed by atoms with Gasteiger partial charge in [0.2, 0.25) is 0 Å². The fourth-order valence-electron chi connectivity index (χ4n) is 1.99. The third kappa shape index (κ3) is 3.31. The minimum atomic E-state index is -1.08. The Hall–Kier alpha value is -2.56. The molecule has 0 fully saturated rings. The predicted molar refractivity (Wildman–Crippen MR) is 78.5 cm³/mol. The van der Waals surface area contributed by atoms with Crippen molar-refractivity contribution < 1.29 is 19.4 Å². The summed E-state index contributed by atoms with van der Waals surface area (Å²) in [7, 11) is 0. The summed E-state index contributed by atoms with van der Waals surface area (Å²) in [5.74, 6) is -0.536. The van der Waals surface area contributed by atoms with Gasteiger partial charge in [-0.25, -0.2) is 4.79 Å². The number of ketones is 1. The third-order valence-corrected chi connectivity index (χ3v) is 2.93. The topological polar surface area (TPSA) is 68.5 Å². The van der Waals surface area contributed by atoms with Gasteiger partial charge in [-0.2, -0.15) is 0 Å². The predicted octanol–water partition coefficient (Wildman–Crippen LogP) is 3.17. The number of rotatable bonds is 5. The van der Waals surface area contributed by atoms with E-state index in [1.165, 1.54) is 23.8 Å². The van der Waals surface area contributed by atoms with Gasteiger partial charge >= 0.3 is 5.97 Å². The van der Waals surface area contributed by atoms with Crippen molar-refractivity contribution >= 4 is 11.8 Å². The number of aromatic carboxylic acids is 1. The summed E-state index contributed by atoms with van der Waals surface area (Å²) in [6.45, 7) is 5.27. The van der Waals surface area contributed by atoms with E-state index < -0.39 is 5.97 Å². The van der Waals surface area contributed by atoms with Crippen molar-refractivity contribution in [2.45, 2.75) is 26.9 Å². The third-order valence-electron chi connectivity index (χ3n) is 2.93. The lowest BCUT2D eigenvalue weighted by molar-refractivity contribution is 0.0688. The van der Waals surface area contributed by atoms with Crippen LogP contribution in [0.1, 0.15) is 41.6 Å². The second kappa shape index (κ2) is 5.83. The standard InChI is InChI=1S/C16H17NO4/c1-10(2)21-14-6-4-13(5-7-14)17-9-12(11(3)18)8-15(17)16(19)20/h4-10H,1-3H3,(H,19,20). The molecule has 1 N–H and O–H groups in total. The summed E-state index contributed by atoms with van der Waals surface area (Å²) in [5, 5.41) is 9.24. The van der Waals surface area contributed by atoms with Crippen LogP contribution in [0.3, 0.4) is 0 Å². The van der Waals surface area contributed by atoms with E-state index >= 15 is 0 Å². The zero-order valence-electron chi connectivity index (χ0n) is 12.2. The Kier molecular flexibility index (Phi) is 4.12. The van der Waals surface area contributed by atoms with Crippen LogP contribution in [0.2, 0.25) is 0 Å². The number of aromatic nitrogens is 1. The number of benzene rings is 1. The molecule has 2 rings (SSSR count). The second-order valence-electron chi connectivity index (χ2n) is 5.01. The monoisotopic (exact) mass is 287 g/mol. The molecule has 0 saturated heterocycles. The maximum absolute atomic E-state index is 11.4. The molecule has 0 saturated carbocycles. The molecule has 1 aromatic heterocycles. The Morgan fingerprint density at radius 1 is 1.19 bits per heavy atom. The minimum Gasteiger partial charge on any atom is -0.491 e. The molecular weight excluding hydrogens is 270 g/mol. The van der Waals surface area contributed by atoms with Gasteiger partial charge in [0.05, 0.1) is 6.10 Å². The lowest BCUT2D eigenvalue weighted by atomic mass is 10.2. The van der Waals surface area contributed by atoms with Crippen LogP contribution < -0.4 is 4.74 Å². The molecular formula is C16H17NO4. The van der Waals surface area contributed by atoms with E-state index in [0.29, 0.717) is 17.0 Å². The van der Waals surface area contributed by atoms with E-state index in [2.05, 4.69) is 0 Å². The van der Waals surface area contributed by atoms with Crippen LogP contribution in [0, 0.1) is 0 Å². The van der Waals surface area contributed by atoms with Crippen LogP contribution in [0.15, 0.2) is 36.5 Å². The number of Topliss-reactive ketones (excluding diaryl/α,β-unsaturated/α-hetero) is 1. The lowest BCUT2D eigenvalue weighted by Crippen LogP contribution is -2.07. The number of hydrogen-bond donors (Lipinski definition) is 1. The highest BCUT2D eigenvalue weighted by Gasteiger charge is 2.15. The number of ether oxygens (including phenoxy) is 1. The molecule has 110 valence electrons. The van der Waals surface area contributed by atoms with Gasteiger partial charge in [-0.3, -0.25) is 4.79 Å². The Bertz CT molecular complexity index is 668. The molecule has 0 unspecified atom stereocenters. The average molecular weight is 287 g/mol. The first-order valence-corrected chi connectivity index (χ1v) is 6.62. The normalized spacial score (nSPS) is 10.7. The van der Waals surface area contributed by atoms with E-state index in [4.69, 9.17) is 4.74 Å². The highest BCUT2D eigenvalue weighted by atomic mass is 16.5. The minimum absolute atomic E-state index is 0.0535. The maximum Gasteiger partial charge on any atom is 0.352 e. The summed E-state index contributed by atoms with van der Waals surface area (Å²) in [6, 6.07) is 8.44. The van der Waals surface area contributed by atoms with Gasteiger partial charge in [-0.1, -0.05) is 0 Å². The first-order chi connectivity index (χ1) is 9.88. The molecule has 21 heavy (non-hydrogen) atoms. The molecule has 0 amide bonds. The van der Waals surface area contributed by atoms with Crippen LogP contribution in [0.5, 0.6) is 5.75 Å². The summed E-state index contributed by atoms with van der Waals surface area (Å²) >= 11 is 0. The molecule has 0 radical (unpaired) electrons. The first-order valence-electron chi connectivity index (χ1n) is 6.62. The van der Waals surface area contributed by atoms with Crippen molar-refractivity contribution in [3.63, 3.8) is 0 Å². The molecule has 0 aliphatic rings. The number of carboxylic acid groups (broad SMARTS) is 1. The Morgan fingerprint density at radius 2 is 1.81 bits per heavy atom. The fourth-order valence-corrected chi connectivity index (χ4v) is 1.99. The number of carbonyl (C=O) groups is 2. The van der Waals surface area contributed by atoms with Gasteiger partial charge in [-0.05, 0) is 51.1 Å². The molecule has 0 atom stereocenters. The van der Waals surface area contributed by atoms with Gasteiger partial charge in [0.25, 0.3) is 0 Å². The zero-order valence-corrected chi connectivity index (χ0v) is 12.2. The Morgan fingerprint density at radius 3 is 2.29 bits per heavy atom. The van der Waals surface area contributed by atoms with Crippen molar-refractivity contribution in [1.82, 2.24) is 4.57 Å². The molecule has 0 aliphatic carbocycles. The van der Waals surface area contributed by atoms with E-state index in [1.807, 2.05) is 13.8 Å². The van der Waals surface area contributed by atoms with Gasteiger partial charge < -0.3 is 14.4 Å². The van der Waals surface area contributed by atoms with Crippen molar-refractivity contribution in [2.75, 3.05) is 0 Å². The Balaban J connectivity index is 2.41. The zero-order chi connectivity index (χ0) is 15.6. The van der Waals surface area contributed by atoms with Crippen LogP contribution in [0.25, 0.3) is 5.69 Å². The first kappa shape index (κ1) is 14.8. The molecule has 1 aromatic carbocycles. The van der Waals surface area contributed by atoms with E-state index in [0.717, 1.165) is 0 Å². The highest BCUT2D eigenvalue weighted by molar-refractivity contribution is 5.97. The summed E-state index contributed by atoms with van der Waals surface area (Å²) in [6.07, 6.45) is 1.60. The lowest BCUT2D eigenvalue weighted by Gasteiger charge is -2.11. The Labute approximate surface area is 122 Å². The van der Waals surface area contributed by atoms with E-state index in [1.54, 1.807) is 24.3 Å². The van der Waals surface area contributed by atoms with Crippen molar-refractivity contribution in [3.8, 4) is 11.4 Å². The SMILES string of the molecule is CC(=O)c1cc(C(=O)O)n(-c2ccc(OC(C)C)cc2)c1. The molecule has 0 spiro atoms. The van der Waals surface area contributed by atoms with E-state index in [9.17, 15) is 14.7 Å². The molecule has 0 bridgehead atoms. The molecule has 0 aliphatic heterocycles. The fraction of sp³-hybridized carbons (Fsp3) is 0.250. The van der Waals surface area contributed by atoms with Crippen LogP contribution in [-0.4, -0.2) is 27.5 Å². The van der Waals surface area contributed by atoms with Crippen LogP contribution in [-0.2, 0) is 0 Å². The summed E-state index contributed by atoms with van der Waals surface area (Å²) in [4.78, 5) is 22.7. The van der Waals surface area contributed by atoms with Crippen LogP contribution in [0.4, 0.5) is 0 Å². The smallest absolute Gasteiger partial charge is 0.352 e. The van der Waals surface area contributed by atoms with Crippen molar-refractivity contribution in [1.29, 1.82) is 0 Å². The van der Waals surface area contributed by atoms with Gasteiger partial charge in [0.15, 0.2) is 5.78 Å². The summed E-state index contributed by atoms with van der Waals surface area (Å²) < 4.78 is 7.03. The number of carbonyl (C=O) groups excluding carboxylic acids is 1. The second-order valence-corrected chi connectivity index (χ2v) is 5.01. The van der Waals surface area contributed by atoms with Gasteiger partial charge in [0.1, 0.15) is 11.4 Å². The number of carboxylic acids is 1. The molecule has 2 aromatic rings. The van der Waals surface area contributed by atoms with E-state index in [-0.39, 0.29) is 17.6 Å². The molecule has 5 nitrogen and oxygen atoms in total. The van der Waals surface area contributed by atoms with Crippen molar-refractivity contribution in [2.24, 2.45) is 0 Å². The maximum atomic E-state index is 11.4. The number of nitrogens with zero attached hydrogens (tertiary/aromatic N) is 1. The molecule has 1 heterocycles. The van der Waals surface area contributed by atoms with Gasteiger partial charge in [0, 0.05) is 17.4 Å². The largest absolute Gasteiger partial charge is 0.491 e. The molecule has 5 heteroatoms. The van der Waals surface area contributed by atoms with Gasteiger partial charge in [-0.15, -0.1) is 0 Å². The van der Waals surface area contributed by atoms with Crippen LogP contribution >= 0.6 is 0 Å². The summed E-state index contributed by atoms with van der Waals surface area (Å²) in [5.41, 5.74) is 1.09. The highest BCUT2D eigenvalue weighted by Crippen LogP contribution is 2.20. The quantitative estimate of drug-likeness (QED) is 0.858.